The van der Waals surface area contributed by atoms with E-state index in [-0.39, 0.29) is 18.3 Å². The molecule has 3 aromatic rings. The summed E-state index contributed by atoms with van der Waals surface area (Å²) in [6, 6.07) is 6.31. The molecule has 11 heteroatoms. The van der Waals surface area contributed by atoms with Crippen molar-refractivity contribution in [1.29, 1.82) is 0 Å². The van der Waals surface area contributed by atoms with Gasteiger partial charge in [0.05, 0.1) is 4.88 Å². The van der Waals surface area contributed by atoms with Gasteiger partial charge in [-0.3, -0.25) is 4.79 Å². The maximum Gasteiger partial charge on any atom is 0.433 e. The third-order valence-corrected chi connectivity index (χ3v) is 7.41. The van der Waals surface area contributed by atoms with E-state index in [4.69, 9.17) is 5.11 Å². The number of rotatable bonds is 7. The molecule has 7 nitrogen and oxygen atoms in total. The topological polar surface area (TPSA) is 108 Å². The van der Waals surface area contributed by atoms with Gasteiger partial charge in [0.2, 0.25) is 5.95 Å². The van der Waals surface area contributed by atoms with Crippen LogP contribution in [0.1, 0.15) is 54.8 Å². The van der Waals surface area contributed by atoms with Crippen LogP contribution in [0.5, 0.6) is 0 Å². The summed E-state index contributed by atoms with van der Waals surface area (Å²) < 4.78 is 38.9. The number of hydrogen-bond acceptors (Lipinski definition) is 7. The van der Waals surface area contributed by atoms with Crippen LogP contribution in [0.4, 0.5) is 24.8 Å². The lowest BCUT2D eigenvalue weighted by Gasteiger charge is -2.34. The summed E-state index contributed by atoms with van der Waals surface area (Å²) in [6.07, 6.45) is 1.47. The first-order valence-electron chi connectivity index (χ1n) is 11.2. The number of aliphatic hydroxyl groups is 1. The van der Waals surface area contributed by atoms with Crippen molar-refractivity contribution in [2.45, 2.75) is 57.2 Å². The molecule has 0 amide bonds. The Labute approximate surface area is 204 Å². The van der Waals surface area contributed by atoms with E-state index < -0.39 is 23.4 Å². The van der Waals surface area contributed by atoms with Crippen LogP contribution < -0.4 is 5.32 Å². The molecule has 186 valence electrons. The Morgan fingerprint density at radius 2 is 1.97 bits per heavy atom. The van der Waals surface area contributed by atoms with Crippen LogP contribution in [0.15, 0.2) is 36.7 Å². The molecule has 35 heavy (non-hydrogen) atoms. The molecule has 0 bridgehead atoms. The standard InChI is InChI=1S/C24H25F3N4O3S/c1-14-10-16(12-17(11-14)30-22-28-9-6-19(31-22)24(25,26)27)18-13-29-21(35-18)23(34)7-4-15(5-8-23)2-3-20(32)33/h6,9-13,15,34H,2-5,7-8H2,1H3,(H,32,33)(H,28,30,31)/t15-,23+. The van der Waals surface area contributed by atoms with Crippen LogP contribution in [0, 0.1) is 12.8 Å². The number of alkyl halides is 3. The van der Waals surface area contributed by atoms with Gasteiger partial charge in [-0.05, 0) is 74.3 Å². The zero-order chi connectivity index (χ0) is 25.2. The van der Waals surface area contributed by atoms with Crippen molar-refractivity contribution in [2.24, 2.45) is 5.92 Å². The first-order chi connectivity index (χ1) is 16.5. The van der Waals surface area contributed by atoms with Gasteiger partial charge in [0.1, 0.15) is 16.3 Å². The third kappa shape index (κ3) is 6.15. The van der Waals surface area contributed by atoms with E-state index in [9.17, 15) is 23.1 Å². The van der Waals surface area contributed by atoms with Crippen molar-refractivity contribution < 1.29 is 28.2 Å². The monoisotopic (exact) mass is 506 g/mol. The quantitative estimate of drug-likeness (QED) is 0.365. The van der Waals surface area contributed by atoms with Gasteiger partial charge in [-0.1, -0.05) is 6.07 Å². The number of nitrogens with one attached hydrogen (secondary N) is 1. The minimum absolute atomic E-state index is 0.139. The molecule has 3 N–H and O–H groups in total. The maximum absolute atomic E-state index is 13.0. The smallest absolute Gasteiger partial charge is 0.433 e. The second kappa shape index (κ2) is 9.90. The Bertz CT molecular complexity index is 1210. The number of anilines is 2. The molecule has 1 fully saturated rings. The molecule has 1 aliphatic rings. The lowest BCUT2D eigenvalue weighted by atomic mass is 9.77. The SMILES string of the molecule is Cc1cc(Nc2nccc(C(F)(F)F)n2)cc(-c2cnc([C@]3(O)CC[C@@H](CCC(=O)O)CC3)s2)c1. The van der Waals surface area contributed by atoms with Crippen LogP contribution >= 0.6 is 11.3 Å². The Morgan fingerprint density at radius 1 is 1.23 bits per heavy atom. The zero-order valence-electron chi connectivity index (χ0n) is 19.0. The van der Waals surface area contributed by atoms with Gasteiger partial charge in [-0.25, -0.2) is 15.0 Å². The summed E-state index contributed by atoms with van der Waals surface area (Å²) in [4.78, 5) is 23.5. The van der Waals surface area contributed by atoms with Gasteiger partial charge < -0.3 is 15.5 Å². The molecule has 0 aliphatic heterocycles. The van der Waals surface area contributed by atoms with Crippen molar-refractivity contribution in [3.05, 3.63) is 52.9 Å². The van der Waals surface area contributed by atoms with Crippen molar-refractivity contribution in [2.75, 3.05) is 5.32 Å². The number of thiazole rings is 1. The highest BCUT2D eigenvalue weighted by atomic mass is 32.1. The van der Waals surface area contributed by atoms with Gasteiger partial charge in [0, 0.05) is 24.5 Å². The van der Waals surface area contributed by atoms with Crippen LogP contribution in [-0.2, 0) is 16.6 Å². The van der Waals surface area contributed by atoms with E-state index in [2.05, 4.69) is 20.3 Å². The summed E-state index contributed by atoms with van der Waals surface area (Å²) in [6.45, 7) is 1.87. The number of nitrogens with zero attached hydrogens (tertiary/aromatic N) is 3. The number of aromatic nitrogens is 3. The molecule has 0 spiro atoms. The average molecular weight is 507 g/mol. The van der Waals surface area contributed by atoms with Gasteiger partial charge >= 0.3 is 12.1 Å². The predicted molar refractivity (Wildman–Crippen MR) is 125 cm³/mol. The summed E-state index contributed by atoms with van der Waals surface area (Å²) in [5.74, 6) is -0.674. The Kier molecular flexibility index (Phi) is 7.09. The third-order valence-electron chi connectivity index (χ3n) is 6.17. The van der Waals surface area contributed by atoms with Crippen molar-refractivity contribution in [3.8, 4) is 10.4 Å². The van der Waals surface area contributed by atoms with Crippen LogP contribution in [0.3, 0.4) is 0 Å². The Balaban J connectivity index is 1.49. The molecular weight excluding hydrogens is 481 g/mol. The number of aliphatic carboxylic acids is 1. The minimum Gasteiger partial charge on any atom is -0.481 e. The van der Waals surface area contributed by atoms with Crippen molar-refractivity contribution in [3.63, 3.8) is 0 Å². The van der Waals surface area contributed by atoms with E-state index in [0.717, 1.165) is 41.1 Å². The van der Waals surface area contributed by atoms with Crippen LogP contribution in [-0.4, -0.2) is 31.1 Å². The highest BCUT2D eigenvalue weighted by Gasteiger charge is 2.37. The number of aryl methyl sites for hydroxylation is 1. The summed E-state index contributed by atoms with van der Waals surface area (Å²) >= 11 is 1.38. The summed E-state index contributed by atoms with van der Waals surface area (Å²) in [5.41, 5.74) is 0.152. The lowest BCUT2D eigenvalue weighted by molar-refractivity contribution is -0.141. The molecule has 2 aromatic heterocycles. The molecule has 1 aliphatic carbocycles. The van der Waals surface area contributed by atoms with E-state index in [1.54, 1.807) is 18.3 Å². The molecule has 0 radical (unpaired) electrons. The van der Waals surface area contributed by atoms with Gasteiger partial charge in [-0.15, -0.1) is 11.3 Å². The fourth-order valence-corrected chi connectivity index (χ4v) is 5.36. The fourth-order valence-electron chi connectivity index (χ4n) is 4.31. The molecule has 4 rings (SSSR count). The maximum atomic E-state index is 13.0. The summed E-state index contributed by atoms with van der Waals surface area (Å²) in [5, 5.41) is 23.5. The predicted octanol–water partition coefficient (Wildman–Crippen LogP) is 5.91. The van der Waals surface area contributed by atoms with E-state index >= 15 is 0 Å². The number of carbonyl (C=O) groups is 1. The molecular formula is C24H25F3N4O3S. The number of halogens is 3. The zero-order valence-corrected chi connectivity index (χ0v) is 19.8. The highest BCUT2D eigenvalue weighted by Crippen LogP contribution is 2.44. The first-order valence-corrected chi connectivity index (χ1v) is 12.0. The van der Waals surface area contributed by atoms with Gasteiger partial charge in [-0.2, -0.15) is 13.2 Å². The van der Waals surface area contributed by atoms with E-state index in [0.29, 0.717) is 30.0 Å². The van der Waals surface area contributed by atoms with Crippen molar-refractivity contribution in [1.82, 2.24) is 15.0 Å². The second-order valence-corrected chi connectivity index (χ2v) is 9.94. The molecule has 1 saturated carbocycles. The van der Waals surface area contributed by atoms with Crippen LogP contribution in [0.2, 0.25) is 0 Å². The van der Waals surface area contributed by atoms with Crippen molar-refractivity contribution >= 4 is 28.9 Å². The van der Waals surface area contributed by atoms with Crippen LogP contribution in [0.25, 0.3) is 10.4 Å². The summed E-state index contributed by atoms with van der Waals surface area (Å²) in [7, 11) is 0. The minimum atomic E-state index is -4.56. The molecule has 0 atom stereocenters. The van der Waals surface area contributed by atoms with Gasteiger partial charge in [0.15, 0.2) is 0 Å². The molecule has 2 heterocycles. The number of hydrogen-bond donors (Lipinski definition) is 3. The Morgan fingerprint density at radius 3 is 2.66 bits per heavy atom. The highest BCUT2D eigenvalue weighted by molar-refractivity contribution is 7.15. The fraction of sp³-hybridized carbons (Fsp3) is 0.417. The number of benzene rings is 1. The molecule has 0 unspecified atom stereocenters. The normalized spacial score (nSPS) is 20.5. The largest absolute Gasteiger partial charge is 0.481 e. The molecule has 0 saturated heterocycles. The van der Waals surface area contributed by atoms with Gasteiger partial charge in [0.25, 0.3) is 0 Å². The second-order valence-electron chi connectivity index (χ2n) is 8.91. The number of carboxylic acid groups (broad SMARTS) is 1. The number of carboxylic acids is 1. The average Bonchev–Trinajstić information content (AvgIpc) is 3.29. The Hall–Kier alpha value is -3.05. The first kappa shape index (κ1) is 25.1. The van der Waals surface area contributed by atoms with E-state index in [1.165, 1.54) is 11.3 Å². The van der Waals surface area contributed by atoms with E-state index in [1.807, 2.05) is 13.0 Å². The lowest BCUT2D eigenvalue weighted by Crippen LogP contribution is -2.31. The molecule has 1 aromatic carbocycles.